The Bertz CT molecular complexity index is 634. The van der Waals surface area contributed by atoms with Crippen molar-refractivity contribution in [1.29, 1.82) is 0 Å². The first kappa shape index (κ1) is 31.1. The Labute approximate surface area is 201 Å². The zero-order chi connectivity index (χ0) is 25.6. The number of hydrogen-bond acceptors (Lipinski definition) is 7. The van der Waals surface area contributed by atoms with Crippen LogP contribution >= 0.6 is 11.8 Å². The van der Waals surface area contributed by atoms with E-state index in [2.05, 4.69) is 16.0 Å². The van der Waals surface area contributed by atoms with Gasteiger partial charge in [-0.05, 0) is 56.1 Å². The third-order valence-electron chi connectivity index (χ3n) is 5.62. The lowest BCUT2D eigenvalue weighted by atomic mass is 9.96. The van der Waals surface area contributed by atoms with E-state index in [9.17, 15) is 24.3 Å². The lowest BCUT2D eigenvalue weighted by Gasteiger charge is -2.28. The highest BCUT2D eigenvalue weighted by Crippen LogP contribution is 2.11. The molecule has 8 N–H and O–H groups in total. The van der Waals surface area contributed by atoms with Gasteiger partial charge in [0.15, 0.2) is 0 Å². The van der Waals surface area contributed by atoms with Crippen molar-refractivity contribution in [2.75, 3.05) is 18.6 Å². The Balaban J connectivity index is 5.46. The molecule has 0 aliphatic carbocycles. The summed E-state index contributed by atoms with van der Waals surface area (Å²) in [6.07, 6.45) is 4.29. The molecule has 0 aromatic heterocycles. The van der Waals surface area contributed by atoms with Gasteiger partial charge in [0.2, 0.25) is 17.7 Å². The summed E-state index contributed by atoms with van der Waals surface area (Å²) in [5.41, 5.74) is 11.4. The van der Waals surface area contributed by atoms with Crippen molar-refractivity contribution in [2.24, 2.45) is 23.3 Å². The second-order valence-corrected chi connectivity index (χ2v) is 9.65. The number of carbonyl (C=O) groups excluding carboxylic acids is 3. The van der Waals surface area contributed by atoms with E-state index < -0.39 is 47.9 Å². The van der Waals surface area contributed by atoms with Gasteiger partial charge in [-0.25, -0.2) is 4.79 Å². The quantitative estimate of drug-likeness (QED) is 0.159. The number of nitrogens with two attached hydrogens (primary N) is 2. The second kappa shape index (κ2) is 16.7. The number of carboxylic acid groups (broad SMARTS) is 1. The molecule has 0 aliphatic rings. The van der Waals surface area contributed by atoms with Crippen LogP contribution < -0.4 is 27.4 Å². The maximum absolute atomic E-state index is 13.1. The molecular weight excluding hydrogens is 446 g/mol. The van der Waals surface area contributed by atoms with Crippen LogP contribution in [0.15, 0.2) is 0 Å². The van der Waals surface area contributed by atoms with E-state index in [-0.39, 0.29) is 18.3 Å². The maximum Gasteiger partial charge on any atom is 0.326 e. The maximum atomic E-state index is 13.1. The van der Waals surface area contributed by atoms with Crippen molar-refractivity contribution >= 4 is 35.5 Å². The van der Waals surface area contributed by atoms with Crippen LogP contribution in [-0.2, 0) is 19.2 Å². The Kier molecular flexibility index (Phi) is 15.8. The lowest BCUT2D eigenvalue weighted by Crippen LogP contribution is -2.59. The number of hydrogen-bond donors (Lipinski definition) is 6. The molecule has 0 heterocycles. The van der Waals surface area contributed by atoms with E-state index in [4.69, 9.17) is 11.5 Å². The number of carbonyl (C=O) groups is 4. The molecule has 11 heteroatoms. The van der Waals surface area contributed by atoms with Crippen LogP contribution in [-0.4, -0.2) is 71.5 Å². The van der Waals surface area contributed by atoms with E-state index in [0.717, 1.165) is 0 Å². The summed E-state index contributed by atoms with van der Waals surface area (Å²) >= 11 is 1.51. The van der Waals surface area contributed by atoms with Gasteiger partial charge in [-0.1, -0.05) is 34.1 Å². The van der Waals surface area contributed by atoms with Gasteiger partial charge in [0.1, 0.15) is 18.1 Å². The van der Waals surface area contributed by atoms with Crippen molar-refractivity contribution < 1.29 is 24.3 Å². The highest BCUT2D eigenvalue weighted by atomic mass is 32.2. The molecule has 0 rings (SSSR count). The molecule has 5 unspecified atom stereocenters. The average Bonchev–Trinajstić information content (AvgIpc) is 2.77. The number of amides is 3. The van der Waals surface area contributed by atoms with Gasteiger partial charge < -0.3 is 32.5 Å². The number of aliphatic carboxylic acids is 1. The van der Waals surface area contributed by atoms with Gasteiger partial charge in [-0.15, -0.1) is 0 Å². The Morgan fingerprint density at radius 2 is 1.52 bits per heavy atom. The summed E-state index contributed by atoms with van der Waals surface area (Å²) in [6.45, 7) is 7.81. The van der Waals surface area contributed by atoms with Gasteiger partial charge in [0.05, 0.1) is 6.04 Å². The molecule has 10 nitrogen and oxygen atoms in total. The summed E-state index contributed by atoms with van der Waals surface area (Å²) < 4.78 is 0. The van der Waals surface area contributed by atoms with Crippen LogP contribution in [0.2, 0.25) is 0 Å². The first-order chi connectivity index (χ1) is 15.5. The normalized spacial score (nSPS) is 15.8. The third-order valence-corrected chi connectivity index (χ3v) is 6.26. The fourth-order valence-electron chi connectivity index (χ4n) is 3.04. The lowest BCUT2D eigenvalue weighted by molar-refractivity contribution is -0.142. The molecule has 0 spiro atoms. The van der Waals surface area contributed by atoms with Crippen molar-refractivity contribution in [3.8, 4) is 0 Å². The van der Waals surface area contributed by atoms with Crippen LogP contribution in [0.1, 0.15) is 59.8 Å². The molecule has 3 amide bonds. The van der Waals surface area contributed by atoms with Crippen molar-refractivity contribution in [3.05, 3.63) is 0 Å². The number of thioether (sulfide) groups is 1. The first-order valence-electron chi connectivity index (χ1n) is 11.6. The summed E-state index contributed by atoms with van der Waals surface area (Å²) in [6, 6.07) is -3.61. The second-order valence-electron chi connectivity index (χ2n) is 8.67. The minimum absolute atomic E-state index is 0.0991. The molecule has 0 aromatic rings. The minimum Gasteiger partial charge on any atom is -0.480 e. The molecule has 0 aromatic carbocycles. The van der Waals surface area contributed by atoms with Gasteiger partial charge in [0, 0.05) is 0 Å². The highest BCUT2D eigenvalue weighted by Gasteiger charge is 2.32. The minimum atomic E-state index is -1.14. The van der Waals surface area contributed by atoms with E-state index in [1.807, 2.05) is 34.0 Å². The van der Waals surface area contributed by atoms with Crippen LogP contribution in [0.25, 0.3) is 0 Å². The number of unbranched alkanes of at least 4 members (excludes halogenated alkanes) is 1. The number of carboxylic acids is 1. The molecule has 192 valence electrons. The molecule has 0 bridgehead atoms. The van der Waals surface area contributed by atoms with Gasteiger partial charge in [-0.3, -0.25) is 14.4 Å². The Morgan fingerprint density at radius 3 is 2.00 bits per heavy atom. The first-order valence-corrected chi connectivity index (χ1v) is 13.0. The molecule has 33 heavy (non-hydrogen) atoms. The number of nitrogens with one attached hydrogen (secondary N) is 3. The fraction of sp³-hybridized carbons (Fsp3) is 0.818. The molecule has 0 saturated heterocycles. The summed E-state index contributed by atoms with van der Waals surface area (Å²) in [5, 5.41) is 17.4. The zero-order valence-electron chi connectivity index (χ0n) is 20.6. The van der Waals surface area contributed by atoms with Gasteiger partial charge >= 0.3 is 5.97 Å². The smallest absolute Gasteiger partial charge is 0.326 e. The monoisotopic (exact) mass is 489 g/mol. The standard InChI is InChI=1S/C22H43N5O5S/c1-6-14(4)18(27-20(29)17(24)13(2)3)21(30)25-15(10-12-33-5)19(28)26-16(22(31)32)9-7-8-11-23/h13-18H,6-12,23-24H2,1-5H3,(H,25,30)(H,26,28)(H,27,29)(H,31,32). The summed E-state index contributed by atoms with van der Waals surface area (Å²) in [7, 11) is 0. The summed E-state index contributed by atoms with van der Waals surface area (Å²) in [4.78, 5) is 50.0. The molecular formula is C22H43N5O5S. The molecule has 0 aliphatic heterocycles. The van der Waals surface area contributed by atoms with Gasteiger partial charge in [-0.2, -0.15) is 11.8 Å². The molecule has 0 fully saturated rings. The largest absolute Gasteiger partial charge is 0.480 e. The van der Waals surface area contributed by atoms with Crippen molar-refractivity contribution in [1.82, 2.24) is 16.0 Å². The Hall–Kier alpha value is -1.85. The van der Waals surface area contributed by atoms with Crippen LogP contribution in [0.3, 0.4) is 0 Å². The van der Waals surface area contributed by atoms with Crippen molar-refractivity contribution in [2.45, 2.75) is 84.0 Å². The number of rotatable bonds is 17. The average molecular weight is 490 g/mol. The molecule has 5 atom stereocenters. The van der Waals surface area contributed by atoms with E-state index in [1.54, 1.807) is 0 Å². The molecule has 0 saturated carbocycles. The van der Waals surface area contributed by atoms with Crippen LogP contribution in [0, 0.1) is 11.8 Å². The predicted molar refractivity (Wildman–Crippen MR) is 132 cm³/mol. The predicted octanol–water partition coefficient (Wildman–Crippen LogP) is 0.437. The fourth-order valence-corrected chi connectivity index (χ4v) is 3.51. The van der Waals surface area contributed by atoms with E-state index in [0.29, 0.717) is 38.0 Å². The van der Waals surface area contributed by atoms with Gasteiger partial charge in [0.25, 0.3) is 0 Å². The van der Waals surface area contributed by atoms with Crippen LogP contribution in [0.4, 0.5) is 0 Å². The third kappa shape index (κ3) is 11.7. The summed E-state index contributed by atoms with van der Waals surface area (Å²) in [5.74, 6) is -2.33. The highest BCUT2D eigenvalue weighted by molar-refractivity contribution is 7.98. The van der Waals surface area contributed by atoms with Crippen molar-refractivity contribution in [3.63, 3.8) is 0 Å². The topological polar surface area (TPSA) is 177 Å². The SMILES string of the molecule is CCC(C)C(NC(=O)C(N)C(C)C)C(=O)NC(CCSC)C(=O)NC(CCCCN)C(=O)O. The van der Waals surface area contributed by atoms with Crippen LogP contribution in [0.5, 0.6) is 0 Å². The zero-order valence-corrected chi connectivity index (χ0v) is 21.4. The Morgan fingerprint density at radius 1 is 0.909 bits per heavy atom. The molecule has 0 radical (unpaired) electrons. The van der Waals surface area contributed by atoms with E-state index >= 15 is 0 Å². The van der Waals surface area contributed by atoms with E-state index in [1.165, 1.54) is 11.8 Å².